The summed E-state index contributed by atoms with van der Waals surface area (Å²) in [7, 11) is 0. The van der Waals surface area contributed by atoms with E-state index in [4.69, 9.17) is 9.51 Å². The molecular weight excluding hydrogens is 384 g/mol. The molecule has 0 amide bonds. The van der Waals surface area contributed by atoms with Crippen LogP contribution in [-0.2, 0) is 5.60 Å². The van der Waals surface area contributed by atoms with Crippen LogP contribution in [0.5, 0.6) is 0 Å². The Bertz CT molecular complexity index is 1300. The molecule has 1 unspecified atom stereocenters. The first kappa shape index (κ1) is 19.5. The number of benzene rings is 2. The fraction of sp³-hybridized carbons (Fsp3) is 0.185. The lowest BCUT2D eigenvalue weighted by atomic mass is 9.78. The molecule has 154 valence electrons. The van der Waals surface area contributed by atoms with Crippen LogP contribution in [0.15, 0.2) is 89.0 Å². The van der Waals surface area contributed by atoms with E-state index in [0.717, 1.165) is 57.5 Å². The Morgan fingerprint density at radius 1 is 0.935 bits per heavy atom. The van der Waals surface area contributed by atoms with Gasteiger partial charge in [0.2, 0.25) is 0 Å². The summed E-state index contributed by atoms with van der Waals surface area (Å²) in [5, 5.41) is 17.4. The van der Waals surface area contributed by atoms with Gasteiger partial charge in [0, 0.05) is 10.9 Å². The highest BCUT2D eigenvalue weighted by Crippen LogP contribution is 2.42. The van der Waals surface area contributed by atoms with E-state index in [1.807, 2.05) is 80.6 Å². The van der Waals surface area contributed by atoms with Crippen LogP contribution in [0.2, 0.25) is 0 Å². The van der Waals surface area contributed by atoms with Gasteiger partial charge in [-0.25, -0.2) is 4.98 Å². The van der Waals surface area contributed by atoms with Crippen LogP contribution in [0.3, 0.4) is 0 Å². The van der Waals surface area contributed by atoms with Crippen molar-refractivity contribution in [3.05, 3.63) is 113 Å². The molecule has 2 heterocycles. The summed E-state index contributed by atoms with van der Waals surface area (Å²) in [5.74, 6) is 0.803. The molecule has 4 aromatic rings. The second kappa shape index (κ2) is 7.64. The third-order valence-electron chi connectivity index (χ3n) is 6.04. The number of aromatic nitrogens is 2. The van der Waals surface area contributed by atoms with E-state index in [2.05, 4.69) is 17.3 Å². The van der Waals surface area contributed by atoms with Crippen molar-refractivity contribution < 1.29 is 9.63 Å². The summed E-state index contributed by atoms with van der Waals surface area (Å²) in [4.78, 5) is 4.87. The van der Waals surface area contributed by atoms with Crippen molar-refractivity contribution in [2.75, 3.05) is 0 Å². The molecule has 4 heteroatoms. The standard InChI is InChI=1S/C27H24N2O2/c1-18-26(19(2)31-29-18)21-10-8-13-23(17-21)27(30,22-11-4-3-5-12-22)25-16-15-20-9-6-7-14-24(20)28-25/h3-7,9,11-17,30H,8,10H2,1-2H3. The van der Waals surface area contributed by atoms with Crippen molar-refractivity contribution in [1.29, 1.82) is 0 Å². The summed E-state index contributed by atoms with van der Waals surface area (Å²) >= 11 is 0. The average molecular weight is 409 g/mol. The Morgan fingerprint density at radius 3 is 2.48 bits per heavy atom. The molecule has 5 rings (SSSR count). The normalized spacial score (nSPS) is 16.0. The zero-order chi connectivity index (χ0) is 21.4. The second-order valence-electron chi connectivity index (χ2n) is 8.03. The molecule has 2 aromatic heterocycles. The zero-order valence-corrected chi connectivity index (χ0v) is 17.7. The van der Waals surface area contributed by atoms with Crippen molar-refractivity contribution in [2.45, 2.75) is 32.3 Å². The quantitative estimate of drug-likeness (QED) is 0.458. The summed E-state index contributed by atoms with van der Waals surface area (Å²) < 4.78 is 5.40. The van der Waals surface area contributed by atoms with Crippen molar-refractivity contribution in [2.24, 2.45) is 0 Å². The van der Waals surface area contributed by atoms with Gasteiger partial charge in [0.25, 0.3) is 0 Å². The molecule has 1 atom stereocenters. The molecule has 1 aliphatic rings. The molecule has 0 saturated heterocycles. The van der Waals surface area contributed by atoms with Gasteiger partial charge in [0.1, 0.15) is 5.76 Å². The highest BCUT2D eigenvalue weighted by atomic mass is 16.5. The van der Waals surface area contributed by atoms with Crippen molar-refractivity contribution in [3.63, 3.8) is 0 Å². The zero-order valence-electron chi connectivity index (χ0n) is 17.7. The second-order valence-corrected chi connectivity index (χ2v) is 8.03. The first-order valence-electron chi connectivity index (χ1n) is 10.6. The number of pyridine rings is 1. The number of allylic oxidation sites excluding steroid dienone is 2. The summed E-state index contributed by atoms with van der Waals surface area (Å²) in [6.07, 6.45) is 5.90. The van der Waals surface area contributed by atoms with E-state index >= 15 is 0 Å². The van der Waals surface area contributed by atoms with Crippen molar-refractivity contribution in [3.8, 4) is 0 Å². The smallest absolute Gasteiger partial charge is 0.157 e. The minimum atomic E-state index is -1.37. The van der Waals surface area contributed by atoms with Gasteiger partial charge >= 0.3 is 0 Å². The maximum atomic E-state index is 12.3. The Kier molecular flexibility index (Phi) is 4.79. The Hall–Kier alpha value is -3.50. The largest absolute Gasteiger partial charge is 0.374 e. The predicted molar refractivity (Wildman–Crippen MR) is 122 cm³/mol. The van der Waals surface area contributed by atoms with Crippen LogP contribution < -0.4 is 0 Å². The van der Waals surface area contributed by atoms with Gasteiger partial charge in [0.05, 0.1) is 16.9 Å². The summed E-state index contributed by atoms with van der Waals surface area (Å²) in [6.45, 7) is 3.89. The molecule has 0 spiro atoms. The lowest BCUT2D eigenvalue weighted by molar-refractivity contribution is 0.120. The van der Waals surface area contributed by atoms with E-state index in [9.17, 15) is 5.11 Å². The number of hydrogen-bond donors (Lipinski definition) is 1. The first-order valence-corrected chi connectivity index (χ1v) is 10.6. The molecule has 4 nitrogen and oxygen atoms in total. The molecule has 0 aliphatic heterocycles. The van der Waals surface area contributed by atoms with E-state index in [1.54, 1.807) is 0 Å². The number of para-hydroxylation sites is 1. The van der Waals surface area contributed by atoms with Crippen LogP contribution in [0.1, 0.15) is 41.1 Å². The van der Waals surface area contributed by atoms with Crippen LogP contribution in [-0.4, -0.2) is 15.2 Å². The van der Waals surface area contributed by atoms with Gasteiger partial charge in [0.15, 0.2) is 5.60 Å². The molecule has 2 aromatic carbocycles. The van der Waals surface area contributed by atoms with Gasteiger partial charge in [-0.3, -0.25) is 0 Å². The highest BCUT2D eigenvalue weighted by molar-refractivity contribution is 5.79. The first-order chi connectivity index (χ1) is 15.1. The Labute approximate surface area is 181 Å². The van der Waals surface area contributed by atoms with Crippen molar-refractivity contribution >= 4 is 16.5 Å². The highest BCUT2D eigenvalue weighted by Gasteiger charge is 2.37. The molecule has 0 fully saturated rings. The number of aliphatic hydroxyl groups is 1. The number of nitrogens with zero attached hydrogens (tertiary/aromatic N) is 2. The topological polar surface area (TPSA) is 59.2 Å². The summed E-state index contributed by atoms with van der Waals surface area (Å²) in [5.41, 5.74) is 4.76. The minimum Gasteiger partial charge on any atom is -0.374 e. The van der Waals surface area contributed by atoms with Gasteiger partial charge in [-0.2, -0.15) is 0 Å². The van der Waals surface area contributed by atoms with Crippen LogP contribution >= 0.6 is 0 Å². The van der Waals surface area contributed by atoms with E-state index in [1.165, 1.54) is 0 Å². The third kappa shape index (κ3) is 3.29. The lowest BCUT2D eigenvalue weighted by Gasteiger charge is -2.32. The predicted octanol–water partition coefficient (Wildman–Crippen LogP) is 5.88. The number of fused-ring (bicyclic) bond motifs is 1. The summed E-state index contributed by atoms with van der Waals surface area (Å²) in [6, 6.07) is 21.7. The van der Waals surface area contributed by atoms with Gasteiger partial charge in [-0.05, 0) is 55.5 Å². The fourth-order valence-corrected chi connectivity index (χ4v) is 4.50. The van der Waals surface area contributed by atoms with Gasteiger partial charge in [-0.1, -0.05) is 71.9 Å². The maximum Gasteiger partial charge on any atom is 0.157 e. The van der Waals surface area contributed by atoms with E-state index in [-0.39, 0.29) is 0 Å². The van der Waals surface area contributed by atoms with Crippen LogP contribution in [0.4, 0.5) is 0 Å². The molecule has 1 aliphatic carbocycles. The van der Waals surface area contributed by atoms with E-state index in [0.29, 0.717) is 5.69 Å². The Balaban J connectivity index is 1.70. The Morgan fingerprint density at radius 2 is 1.71 bits per heavy atom. The third-order valence-corrected chi connectivity index (χ3v) is 6.04. The van der Waals surface area contributed by atoms with Crippen LogP contribution in [0.25, 0.3) is 16.5 Å². The average Bonchev–Trinajstić information content (AvgIpc) is 3.16. The molecule has 1 N–H and O–H groups in total. The number of aryl methyl sites for hydroxylation is 2. The van der Waals surface area contributed by atoms with Gasteiger partial charge < -0.3 is 9.63 Å². The minimum absolute atomic E-state index is 0.611. The SMILES string of the molecule is Cc1noc(C)c1C1=CC(C(O)(c2ccccc2)c2ccc3ccccc3n2)=CCC1. The maximum absolute atomic E-state index is 12.3. The van der Waals surface area contributed by atoms with Gasteiger partial charge in [-0.15, -0.1) is 0 Å². The molecular formula is C27H24N2O2. The van der Waals surface area contributed by atoms with Crippen molar-refractivity contribution in [1.82, 2.24) is 10.1 Å². The molecule has 0 saturated carbocycles. The number of hydrogen-bond acceptors (Lipinski definition) is 4. The fourth-order valence-electron chi connectivity index (χ4n) is 4.50. The molecule has 0 radical (unpaired) electrons. The molecule has 31 heavy (non-hydrogen) atoms. The van der Waals surface area contributed by atoms with Crippen LogP contribution in [0, 0.1) is 13.8 Å². The lowest BCUT2D eigenvalue weighted by Crippen LogP contribution is -2.31. The van der Waals surface area contributed by atoms with E-state index < -0.39 is 5.60 Å². The monoisotopic (exact) mass is 408 g/mol. The molecule has 0 bridgehead atoms. The number of rotatable bonds is 4.